The Labute approximate surface area is 161 Å². The van der Waals surface area contributed by atoms with Gasteiger partial charge >= 0.3 is 0 Å². The monoisotopic (exact) mass is 391 g/mol. The van der Waals surface area contributed by atoms with Gasteiger partial charge in [0.25, 0.3) is 0 Å². The fourth-order valence-corrected chi connectivity index (χ4v) is 3.75. The fourth-order valence-electron chi connectivity index (χ4n) is 3.36. The van der Waals surface area contributed by atoms with E-state index in [4.69, 9.17) is 23.2 Å². The van der Waals surface area contributed by atoms with Crippen molar-refractivity contribution in [3.05, 3.63) is 35.0 Å². The van der Waals surface area contributed by atoms with Gasteiger partial charge in [0.2, 0.25) is 11.2 Å². The van der Waals surface area contributed by atoms with Gasteiger partial charge in [-0.05, 0) is 42.5 Å². The van der Waals surface area contributed by atoms with Crippen molar-refractivity contribution in [3.8, 4) is 0 Å². The fraction of sp³-hybridized carbons (Fsp3) is 0.412. The summed E-state index contributed by atoms with van der Waals surface area (Å²) in [4.78, 5) is 19.4. The van der Waals surface area contributed by atoms with Gasteiger partial charge in [0, 0.05) is 39.1 Å². The normalized spacial score (nSPS) is 15.6. The lowest BCUT2D eigenvalue weighted by molar-refractivity contribution is 0.418. The highest BCUT2D eigenvalue weighted by Crippen LogP contribution is 2.25. The lowest BCUT2D eigenvalue weighted by atomic mass is 9.97. The van der Waals surface area contributed by atoms with Crippen LogP contribution in [0.25, 0.3) is 11.0 Å². The molecule has 7 nitrogen and oxygen atoms in total. The largest absolute Gasteiger partial charge is 0.369 e. The number of piperidine rings is 1. The second-order valence-electron chi connectivity index (χ2n) is 6.50. The van der Waals surface area contributed by atoms with Crippen molar-refractivity contribution in [3.63, 3.8) is 0 Å². The van der Waals surface area contributed by atoms with Crippen molar-refractivity contribution in [1.29, 1.82) is 0 Å². The van der Waals surface area contributed by atoms with Crippen LogP contribution in [0, 0.1) is 5.92 Å². The summed E-state index contributed by atoms with van der Waals surface area (Å²) in [6.07, 6.45) is 5.69. The van der Waals surface area contributed by atoms with Crippen molar-refractivity contribution in [2.24, 2.45) is 13.0 Å². The first-order chi connectivity index (χ1) is 12.6. The molecule has 1 fully saturated rings. The molecule has 0 saturated carbocycles. The number of fused-ring (bicyclic) bond motifs is 1. The smallest absolute Gasteiger partial charge is 0.226 e. The lowest BCUT2D eigenvalue weighted by Crippen LogP contribution is -2.37. The zero-order valence-corrected chi connectivity index (χ0v) is 15.9. The first kappa shape index (κ1) is 17.3. The molecule has 26 heavy (non-hydrogen) atoms. The Morgan fingerprint density at radius 1 is 1.19 bits per heavy atom. The molecule has 1 N–H and O–H groups in total. The number of halogens is 2. The maximum atomic E-state index is 6.02. The minimum atomic E-state index is 0.209. The first-order valence-corrected chi connectivity index (χ1v) is 9.31. The Balaban J connectivity index is 1.39. The van der Waals surface area contributed by atoms with E-state index in [9.17, 15) is 0 Å². The molecular formula is C17H19Cl2N7. The number of nitrogens with one attached hydrogen (secondary N) is 1. The van der Waals surface area contributed by atoms with Crippen molar-refractivity contribution < 1.29 is 0 Å². The topological polar surface area (TPSA) is 71.8 Å². The van der Waals surface area contributed by atoms with Crippen LogP contribution in [-0.4, -0.2) is 44.1 Å². The van der Waals surface area contributed by atoms with E-state index in [1.807, 2.05) is 29.9 Å². The number of nitrogens with zero attached hydrogens (tertiary/aromatic N) is 6. The summed E-state index contributed by atoms with van der Waals surface area (Å²) in [6.45, 7) is 2.76. The summed E-state index contributed by atoms with van der Waals surface area (Å²) in [7, 11) is 1.97. The Hall–Kier alpha value is -2.12. The van der Waals surface area contributed by atoms with Crippen molar-refractivity contribution in [2.45, 2.75) is 12.8 Å². The average molecular weight is 392 g/mol. The van der Waals surface area contributed by atoms with Crippen LogP contribution >= 0.6 is 23.2 Å². The molecule has 4 rings (SSSR count). The van der Waals surface area contributed by atoms with Crippen LogP contribution in [-0.2, 0) is 7.05 Å². The molecule has 3 aromatic heterocycles. The molecule has 0 atom stereocenters. The van der Waals surface area contributed by atoms with Gasteiger partial charge in [-0.2, -0.15) is 4.98 Å². The van der Waals surface area contributed by atoms with Gasteiger partial charge in [-0.25, -0.2) is 15.0 Å². The molecule has 4 heterocycles. The van der Waals surface area contributed by atoms with Crippen LogP contribution < -0.4 is 10.2 Å². The Kier molecular flexibility index (Phi) is 4.82. The molecule has 1 aliphatic heterocycles. The van der Waals surface area contributed by atoms with Gasteiger partial charge in [-0.15, -0.1) is 0 Å². The highest BCUT2D eigenvalue weighted by molar-refractivity contribution is 6.29. The molecule has 0 spiro atoms. The Morgan fingerprint density at radius 2 is 2.00 bits per heavy atom. The number of aryl methyl sites for hydroxylation is 1. The minimum Gasteiger partial charge on any atom is -0.369 e. The summed E-state index contributed by atoms with van der Waals surface area (Å²) in [5.74, 6) is 2.23. The molecule has 0 radical (unpaired) electrons. The van der Waals surface area contributed by atoms with E-state index < -0.39 is 0 Å². The summed E-state index contributed by atoms with van der Waals surface area (Å²) < 4.78 is 1.98. The van der Waals surface area contributed by atoms with Gasteiger partial charge in [0.1, 0.15) is 11.0 Å². The Morgan fingerprint density at radius 3 is 2.73 bits per heavy atom. The van der Waals surface area contributed by atoms with E-state index >= 15 is 0 Å². The summed E-state index contributed by atoms with van der Waals surface area (Å²) in [5.41, 5.74) is 0.608. The molecule has 0 amide bonds. The molecule has 0 unspecified atom stereocenters. The predicted octanol–water partition coefficient (Wildman–Crippen LogP) is 3.39. The van der Waals surface area contributed by atoms with Crippen molar-refractivity contribution in [1.82, 2.24) is 24.5 Å². The maximum Gasteiger partial charge on any atom is 0.226 e. The summed E-state index contributed by atoms with van der Waals surface area (Å²) >= 11 is 12.0. The molecule has 9 heteroatoms. The molecule has 3 aromatic rings. The van der Waals surface area contributed by atoms with Crippen LogP contribution in [0.3, 0.4) is 0 Å². The summed E-state index contributed by atoms with van der Waals surface area (Å²) in [5, 5.41) is 5.06. The number of hydrogen-bond acceptors (Lipinski definition) is 6. The van der Waals surface area contributed by atoms with Crippen LogP contribution in [0.15, 0.2) is 24.5 Å². The molecule has 0 aliphatic carbocycles. The predicted molar refractivity (Wildman–Crippen MR) is 104 cm³/mol. The van der Waals surface area contributed by atoms with Gasteiger partial charge < -0.3 is 14.8 Å². The number of anilines is 2. The minimum absolute atomic E-state index is 0.209. The number of imidazole rings is 1. The Bertz CT molecular complexity index is 919. The van der Waals surface area contributed by atoms with E-state index in [0.717, 1.165) is 49.6 Å². The second-order valence-corrected chi connectivity index (χ2v) is 7.23. The maximum absolute atomic E-state index is 6.02. The third kappa shape index (κ3) is 3.54. The van der Waals surface area contributed by atoms with Crippen molar-refractivity contribution in [2.75, 3.05) is 29.9 Å². The van der Waals surface area contributed by atoms with Gasteiger partial charge in [-0.1, -0.05) is 11.6 Å². The molecule has 1 aliphatic rings. The third-order valence-electron chi connectivity index (χ3n) is 4.72. The first-order valence-electron chi connectivity index (χ1n) is 8.56. The number of pyridine rings is 1. The average Bonchev–Trinajstić information content (AvgIpc) is 2.98. The molecule has 136 valence electrons. The number of aromatic nitrogens is 5. The van der Waals surface area contributed by atoms with Crippen LogP contribution in [0.1, 0.15) is 12.8 Å². The molecule has 0 bridgehead atoms. The van der Waals surface area contributed by atoms with Gasteiger partial charge in [-0.3, -0.25) is 0 Å². The number of rotatable bonds is 4. The quantitative estimate of drug-likeness (QED) is 0.687. The molecular weight excluding hydrogens is 373 g/mol. The van der Waals surface area contributed by atoms with Crippen LogP contribution in [0.2, 0.25) is 10.4 Å². The zero-order chi connectivity index (χ0) is 18.1. The summed E-state index contributed by atoms with van der Waals surface area (Å²) in [6, 6.07) is 3.83. The van der Waals surface area contributed by atoms with Crippen molar-refractivity contribution >= 4 is 46.0 Å². The molecule has 0 aromatic carbocycles. The standard InChI is InChI=1S/C17H19Cl2N7/c1-25-10-13(18)22-17(25)26-7-4-11(5-8-26)9-21-15-12-3-2-6-20-14(12)23-16(19)24-15/h2-3,6,10-11H,4-5,7-9H2,1H3,(H,20,21,23,24). The van der Waals surface area contributed by atoms with Crippen LogP contribution in [0.4, 0.5) is 11.8 Å². The van der Waals surface area contributed by atoms with Crippen LogP contribution in [0.5, 0.6) is 0 Å². The van der Waals surface area contributed by atoms with E-state index in [1.54, 1.807) is 6.20 Å². The highest BCUT2D eigenvalue weighted by Gasteiger charge is 2.22. The van der Waals surface area contributed by atoms with Gasteiger partial charge in [0.05, 0.1) is 5.39 Å². The number of hydrogen-bond donors (Lipinski definition) is 1. The lowest BCUT2D eigenvalue weighted by Gasteiger charge is -2.32. The SMILES string of the molecule is Cn1cc(Cl)nc1N1CCC(CNc2nc(Cl)nc3ncccc23)CC1. The zero-order valence-electron chi connectivity index (χ0n) is 14.4. The van der Waals surface area contributed by atoms with E-state index in [0.29, 0.717) is 16.7 Å². The highest BCUT2D eigenvalue weighted by atomic mass is 35.5. The van der Waals surface area contributed by atoms with Gasteiger partial charge in [0.15, 0.2) is 5.65 Å². The van der Waals surface area contributed by atoms with E-state index in [2.05, 4.69) is 30.2 Å². The molecule has 1 saturated heterocycles. The van der Waals surface area contributed by atoms with E-state index in [1.165, 1.54) is 0 Å². The van der Waals surface area contributed by atoms with E-state index in [-0.39, 0.29) is 5.28 Å². The third-order valence-corrected chi connectivity index (χ3v) is 5.07. The second kappa shape index (κ2) is 7.25.